The van der Waals surface area contributed by atoms with Crippen LogP contribution in [-0.4, -0.2) is 36.0 Å². The standard InChI is InChI=1S/C12H9N5O2S/c18-12(19)10-6-17(16-15-10)5-8-7-20-11(14-8)9-3-1-2-4-13-9/h1-4,6-7H,5H2,(H,18,19). The van der Waals surface area contributed by atoms with Crippen LogP contribution in [0.5, 0.6) is 0 Å². The zero-order valence-corrected chi connectivity index (χ0v) is 11.0. The van der Waals surface area contributed by atoms with E-state index in [1.54, 1.807) is 6.20 Å². The first-order valence-electron chi connectivity index (χ1n) is 5.71. The van der Waals surface area contributed by atoms with E-state index in [0.717, 1.165) is 16.4 Å². The summed E-state index contributed by atoms with van der Waals surface area (Å²) in [6.07, 6.45) is 3.09. The lowest BCUT2D eigenvalue weighted by Crippen LogP contribution is -2.01. The minimum Gasteiger partial charge on any atom is -0.476 e. The Morgan fingerprint density at radius 2 is 2.30 bits per heavy atom. The molecular weight excluding hydrogens is 278 g/mol. The number of nitrogens with zero attached hydrogens (tertiary/aromatic N) is 5. The number of hydrogen-bond donors (Lipinski definition) is 1. The molecule has 0 atom stereocenters. The fourth-order valence-corrected chi connectivity index (χ4v) is 2.41. The van der Waals surface area contributed by atoms with Gasteiger partial charge in [0.1, 0.15) is 5.01 Å². The average molecular weight is 287 g/mol. The molecule has 100 valence electrons. The molecule has 7 nitrogen and oxygen atoms in total. The summed E-state index contributed by atoms with van der Waals surface area (Å²) in [5.41, 5.74) is 1.52. The van der Waals surface area contributed by atoms with Gasteiger partial charge in [-0.3, -0.25) is 4.98 Å². The lowest BCUT2D eigenvalue weighted by Gasteiger charge is -1.95. The molecule has 8 heteroatoms. The van der Waals surface area contributed by atoms with Crippen LogP contribution < -0.4 is 0 Å². The fraction of sp³-hybridized carbons (Fsp3) is 0.0833. The minimum atomic E-state index is -1.09. The van der Waals surface area contributed by atoms with Gasteiger partial charge in [-0.1, -0.05) is 11.3 Å². The van der Waals surface area contributed by atoms with E-state index in [1.807, 2.05) is 23.6 Å². The highest BCUT2D eigenvalue weighted by Gasteiger charge is 2.10. The monoisotopic (exact) mass is 287 g/mol. The Labute approximate surface area is 117 Å². The number of pyridine rings is 1. The molecule has 0 spiro atoms. The van der Waals surface area contributed by atoms with Gasteiger partial charge in [-0.25, -0.2) is 14.5 Å². The summed E-state index contributed by atoms with van der Waals surface area (Å²) in [6, 6.07) is 5.64. The van der Waals surface area contributed by atoms with E-state index in [2.05, 4.69) is 20.3 Å². The Hall–Kier alpha value is -2.61. The molecule has 0 saturated heterocycles. The van der Waals surface area contributed by atoms with Crippen molar-refractivity contribution in [2.24, 2.45) is 0 Å². The third-order valence-corrected chi connectivity index (χ3v) is 3.43. The summed E-state index contributed by atoms with van der Waals surface area (Å²) in [6.45, 7) is 0.379. The van der Waals surface area contributed by atoms with Crippen LogP contribution in [0.2, 0.25) is 0 Å². The van der Waals surface area contributed by atoms with Crippen LogP contribution in [-0.2, 0) is 6.54 Å². The third-order valence-electron chi connectivity index (χ3n) is 2.52. The maximum Gasteiger partial charge on any atom is 0.358 e. The normalized spacial score (nSPS) is 10.6. The smallest absolute Gasteiger partial charge is 0.358 e. The second-order valence-electron chi connectivity index (χ2n) is 3.97. The quantitative estimate of drug-likeness (QED) is 0.782. The van der Waals surface area contributed by atoms with Crippen LogP contribution in [0.25, 0.3) is 10.7 Å². The van der Waals surface area contributed by atoms with Crippen molar-refractivity contribution in [3.63, 3.8) is 0 Å². The molecule has 0 unspecified atom stereocenters. The van der Waals surface area contributed by atoms with Gasteiger partial charge in [-0.05, 0) is 12.1 Å². The highest BCUT2D eigenvalue weighted by molar-refractivity contribution is 7.13. The molecule has 3 aromatic rings. The summed E-state index contributed by atoms with van der Waals surface area (Å²) >= 11 is 1.48. The number of carboxylic acids is 1. The maximum absolute atomic E-state index is 10.7. The van der Waals surface area contributed by atoms with Gasteiger partial charge < -0.3 is 5.11 Å². The van der Waals surface area contributed by atoms with Gasteiger partial charge >= 0.3 is 5.97 Å². The number of thiazole rings is 1. The molecule has 0 fully saturated rings. The van der Waals surface area contributed by atoms with Crippen LogP contribution in [0.4, 0.5) is 0 Å². The number of hydrogen-bond acceptors (Lipinski definition) is 6. The maximum atomic E-state index is 10.7. The zero-order valence-electron chi connectivity index (χ0n) is 10.2. The van der Waals surface area contributed by atoms with Gasteiger partial charge in [0.2, 0.25) is 0 Å². The molecule has 20 heavy (non-hydrogen) atoms. The molecule has 3 aromatic heterocycles. The van der Waals surface area contributed by atoms with Crippen molar-refractivity contribution in [2.75, 3.05) is 0 Å². The Morgan fingerprint density at radius 1 is 1.40 bits per heavy atom. The topological polar surface area (TPSA) is 93.8 Å². The average Bonchev–Trinajstić information content (AvgIpc) is 3.10. The van der Waals surface area contributed by atoms with E-state index >= 15 is 0 Å². The van der Waals surface area contributed by atoms with Crippen molar-refractivity contribution in [1.29, 1.82) is 0 Å². The van der Waals surface area contributed by atoms with Gasteiger partial charge in [0.15, 0.2) is 5.69 Å². The molecule has 0 saturated carbocycles. The summed E-state index contributed by atoms with van der Waals surface area (Å²) in [7, 11) is 0. The lowest BCUT2D eigenvalue weighted by atomic mass is 10.4. The summed E-state index contributed by atoms with van der Waals surface area (Å²) in [4.78, 5) is 19.4. The Morgan fingerprint density at radius 3 is 3.00 bits per heavy atom. The van der Waals surface area contributed by atoms with Crippen molar-refractivity contribution < 1.29 is 9.90 Å². The van der Waals surface area contributed by atoms with Crippen LogP contribution in [0, 0.1) is 0 Å². The Kier molecular flexibility index (Phi) is 3.21. The van der Waals surface area contributed by atoms with E-state index in [-0.39, 0.29) is 5.69 Å². The first kappa shape index (κ1) is 12.4. The minimum absolute atomic E-state index is 0.0785. The Balaban J connectivity index is 1.78. The predicted octanol–water partition coefficient (Wildman–Crippen LogP) is 1.54. The molecule has 0 aliphatic heterocycles. The van der Waals surface area contributed by atoms with Gasteiger partial charge in [0.25, 0.3) is 0 Å². The molecule has 0 amide bonds. The first-order valence-corrected chi connectivity index (χ1v) is 6.59. The molecule has 0 bridgehead atoms. The molecule has 3 heterocycles. The van der Waals surface area contributed by atoms with E-state index in [9.17, 15) is 4.79 Å². The third kappa shape index (κ3) is 2.54. The predicted molar refractivity (Wildman–Crippen MR) is 71.4 cm³/mol. The first-order chi connectivity index (χ1) is 9.72. The molecule has 0 aromatic carbocycles. The van der Waals surface area contributed by atoms with Crippen molar-refractivity contribution in [1.82, 2.24) is 25.0 Å². The fourth-order valence-electron chi connectivity index (χ4n) is 1.63. The largest absolute Gasteiger partial charge is 0.476 e. The van der Waals surface area contributed by atoms with Crippen LogP contribution >= 0.6 is 11.3 Å². The number of aromatic carboxylic acids is 1. The molecule has 0 aliphatic rings. The SMILES string of the molecule is O=C(O)c1cn(Cc2csc(-c3ccccn3)n2)nn1. The van der Waals surface area contributed by atoms with Gasteiger partial charge in [-0.15, -0.1) is 16.4 Å². The molecule has 1 N–H and O–H groups in total. The number of carbonyl (C=O) groups is 1. The van der Waals surface area contributed by atoms with Crippen molar-refractivity contribution in [3.8, 4) is 10.7 Å². The summed E-state index contributed by atoms with van der Waals surface area (Å²) < 4.78 is 1.45. The second kappa shape index (κ2) is 5.17. The summed E-state index contributed by atoms with van der Waals surface area (Å²) in [5.74, 6) is -1.09. The number of aromatic nitrogens is 5. The highest BCUT2D eigenvalue weighted by Crippen LogP contribution is 2.21. The Bertz CT molecular complexity index is 737. The van der Waals surface area contributed by atoms with Crippen LogP contribution in [0.3, 0.4) is 0 Å². The molecular formula is C12H9N5O2S. The van der Waals surface area contributed by atoms with E-state index in [1.165, 1.54) is 22.2 Å². The zero-order chi connectivity index (χ0) is 13.9. The number of carboxylic acid groups (broad SMARTS) is 1. The van der Waals surface area contributed by atoms with E-state index in [0.29, 0.717) is 6.54 Å². The van der Waals surface area contributed by atoms with E-state index < -0.39 is 5.97 Å². The van der Waals surface area contributed by atoms with Gasteiger partial charge in [0, 0.05) is 11.6 Å². The highest BCUT2D eigenvalue weighted by atomic mass is 32.1. The molecule has 0 aliphatic carbocycles. The molecule has 0 radical (unpaired) electrons. The number of rotatable bonds is 4. The lowest BCUT2D eigenvalue weighted by molar-refractivity contribution is 0.0690. The van der Waals surface area contributed by atoms with Crippen molar-refractivity contribution in [2.45, 2.75) is 6.54 Å². The van der Waals surface area contributed by atoms with Crippen molar-refractivity contribution in [3.05, 3.63) is 47.4 Å². The van der Waals surface area contributed by atoms with E-state index in [4.69, 9.17) is 5.11 Å². The second-order valence-corrected chi connectivity index (χ2v) is 4.82. The van der Waals surface area contributed by atoms with Crippen LogP contribution in [0.15, 0.2) is 36.0 Å². The van der Waals surface area contributed by atoms with Gasteiger partial charge in [0.05, 0.1) is 24.1 Å². The molecule has 3 rings (SSSR count). The van der Waals surface area contributed by atoms with Crippen molar-refractivity contribution >= 4 is 17.3 Å². The van der Waals surface area contributed by atoms with Gasteiger partial charge in [-0.2, -0.15) is 0 Å². The van der Waals surface area contributed by atoms with Crippen LogP contribution in [0.1, 0.15) is 16.2 Å². The summed E-state index contributed by atoms with van der Waals surface area (Å²) in [5, 5.41) is 18.8.